The minimum absolute atomic E-state index is 0.0345. The topological polar surface area (TPSA) is 66.4 Å². The van der Waals surface area contributed by atoms with Gasteiger partial charge in [-0.15, -0.1) is 0 Å². The van der Waals surface area contributed by atoms with Gasteiger partial charge in [0.1, 0.15) is 5.82 Å². The maximum atomic E-state index is 13.1. The molecule has 0 fully saturated rings. The van der Waals surface area contributed by atoms with Gasteiger partial charge in [-0.2, -0.15) is 0 Å². The number of aliphatic carboxylic acids is 1. The third-order valence-corrected chi connectivity index (χ3v) is 4.56. The number of aryl methyl sites for hydroxylation is 1. The highest BCUT2D eigenvalue weighted by atomic mass is 19.1. The maximum absolute atomic E-state index is 13.1. The van der Waals surface area contributed by atoms with Gasteiger partial charge in [-0.25, -0.2) is 4.39 Å². The number of benzene rings is 2. The minimum Gasteiger partial charge on any atom is -0.481 e. The van der Waals surface area contributed by atoms with Crippen LogP contribution in [0.3, 0.4) is 0 Å². The molecule has 1 atom stereocenters. The van der Waals surface area contributed by atoms with E-state index in [1.807, 2.05) is 31.2 Å². The van der Waals surface area contributed by atoms with Crippen molar-refractivity contribution in [1.29, 1.82) is 0 Å². The molecule has 26 heavy (non-hydrogen) atoms. The van der Waals surface area contributed by atoms with Crippen molar-refractivity contribution in [2.24, 2.45) is 5.92 Å². The Morgan fingerprint density at radius 1 is 1.15 bits per heavy atom. The lowest BCUT2D eigenvalue weighted by molar-refractivity contribution is -0.141. The number of hydrogen-bond donors (Lipinski definition) is 2. The Hall–Kier alpha value is -2.69. The van der Waals surface area contributed by atoms with Crippen molar-refractivity contribution in [2.75, 3.05) is 6.54 Å². The number of amides is 1. The summed E-state index contributed by atoms with van der Waals surface area (Å²) in [6.45, 7) is 5.44. The Morgan fingerprint density at radius 3 is 2.38 bits per heavy atom. The van der Waals surface area contributed by atoms with E-state index in [0.717, 1.165) is 11.1 Å². The summed E-state index contributed by atoms with van der Waals surface area (Å²) >= 11 is 0. The molecule has 138 valence electrons. The molecule has 0 radical (unpaired) electrons. The van der Waals surface area contributed by atoms with Crippen LogP contribution in [0.2, 0.25) is 0 Å². The van der Waals surface area contributed by atoms with E-state index in [0.29, 0.717) is 12.0 Å². The summed E-state index contributed by atoms with van der Waals surface area (Å²) in [6, 6.07) is 13.4. The number of hydrogen-bond acceptors (Lipinski definition) is 2. The van der Waals surface area contributed by atoms with E-state index in [4.69, 9.17) is 0 Å². The van der Waals surface area contributed by atoms with Crippen molar-refractivity contribution in [1.82, 2.24) is 5.32 Å². The van der Waals surface area contributed by atoms with Gasteiger partial charge in [0.25, 0.3) is 0 Å². The molecule has 2 aromatic rings. The molecule has 2 rings (SSSR count). The van der Waals surface area contributed by atoms with Crippen LogP contribution in [-0.4, -0.2) is 23.5 Å². The van der Waals surface area contributed by atoms with E-state index in [1.165, 1.54) is 12.1 Å². The van der Waals surface area contributed by atoms with Crippen LogP contribution in [0.1, 0.15) is 30.5 Å². The zero-order chi connectivity index (χ0) is 19.3. The van der Waals surface area contributed by atoms with Crippen molar-refractivity contribution in [3.8, 4) is 0 Å². The van der Waals surface area contributed by atoms with Crippen LogP contribution in [0.25, 0.3) is 0 Å². The van der Waals surface area contributed by atoms with Gasteiger partial charge in [-0.1, -0.05) is 42.0 Å². The summed E-state index contributed by atoms with van der Waals surface area (Å²) in [6.07, 6.45) is 0.342. The predicted molar refractivity (Wildman–Crippen MR) is 98.4 cm³/mol. The molecule has 2 aromatic carbocycles. The quantitative estimate of drug-likeness (QED) is 0.797. The molecule has 0 aliphatic carbocycles. The van der Waals surface area contributed by atoms with E-state index in [1.54, 1.807) is 26.0 Å². The summed E-state index contributed by atoms with van der Waals surface area (Å²) in [4.78, 5) is 24.2. The van der Waals surface area contributed by atoms with Crippen LogP contribution in [-0.2, 0) is 21.4 Å². The SMILES string of the molecule is Cc1cccc(CC(CNC(=O)C(C)(C)c2ccc(F)cc2)C(=O)O)c1. The van der Waals surface area contributed by atoms with E-state index >= 15 is 0 Å². The number of carbonyl (C=O) groups is 2. The molecule has 1 unspecified atom stereocenters. The third-order valence-electron chi connectivity index (χ3n) is 4.56. The fourth-order valence-corrected chi connectivity index (χ4v) is 2.80. The van der Waals surface area contributed by atoms with E-state index < -0.39 is 17.3 Å². The van der Waals surface area contributed by atoms with E-state index in [2.05, 4.69) is 5.32 Å². The van der Waals surface area contributed by atoms with Gasteiger partial charge >= 0.3 is 5.97 Å². The standard InChI is InChI=1S/C21H24FNO3/c1-14-5-4-6-15(11-14)12-16(19(24)25)13-23-20(26)21(2,3)17-7-9-18(22)10-8-17/h4-11,16H,12-13H2,1-3H3,(H,23,26)(H,24,25). The molecule has 5 heteroatoms. The van der Waals surface area contributed by atoms with Crippen molar-refractivity contribution < 1.29 is 19.1 Å². The average Bonchev–Trinajstić information content (AvgIpc) is 2.58. The fraction of sp³-hybridized carbons (Fsp3) is 0.333. The molecule has 0 aromatic heterocycles. The van der Waals surface area contributed by atoms with Gasteiger partial charge in [-0.3, -0.25) is 9.59 Å². The van der Waals surface area contributed by atoms with Gasteiger partial charge in [0.15, 0.2) is 0 Å². The van der Waals surface area contributed by atoms with Crippen LogP contribution in [0, 0.1) is 18.7 Å². The van der Waals surface area contributed by atoms with E-state index in [-0.39, 0.29) is 18.3 Å². The first-order valence-corrected chi connectivity index (χ1v) is 8.53. The average molecular weight is 357 g/mol. The number of rotatable bonds is 7. The summed E-state index contributed by atoms with van der Waals surface area (Å²) in [5.41, 5.74) is 1.76. The lowest BCUT2D eigenvalue weighted by atomic mass is 9.83. The molecular formula is C21H24FNO3. The number of halogens is 1. The Labute approximate surface area is 153 Å². The van der Waals surface area contributed by atoms with E-state index in [9.17, 15) is 19.1 Å². The molecular weight excluding hydrogens is 333 g/mol. The van der Waals surface area contributed by atoms with Crippen molar-refractivity contribution in [3.63, 3.8) is 0 Å². The number of carboxylic acid groups (broad SMARTS) is 1. The Kier molecular flexibility index (Phi) is 6.14. The van der Waals surface area contributed by atoms with Crippen molar-refractivity contribution in [2.45, 2.75) is 32.6 Å². The Bertz CT molecular complexity index is 784. The van der Waals surface area contributed by atoms with Crippen LogP contribution in [0.4, 0.5) is 4.39 Å². The van der Waals surface area contributed by atoms with Crippen LogP contribution in [0.15, 0.2) is 48.5 Å². The second kappa shape index (κ2) is 8.13. The first-order valence-electron chi connectivity index (χ1n) is 8.53. The monoisotopic (exact) mass is 357 g/mol. The molecule has 1 amide bonds. The Morgan fingerprint density at radius 2 is 1.81 bits per heavy atom. The maximum Gasteiger partial charge on any atom is 0.308 e. The third kappa shape index (κ3) is 4.91. The number of nitrogens with one attached hydrogen (secondary N) is 1. The molecule has 0 aliphatic heterocycles. The lowest BCUT2D eigenvalue weighted by Gasteiger charge is -2.25. The second-order valence-corrected chi connectivity index (χ2v) is 7.07. The van der Waals surface area contributed by atoms with Gasteiger partial charge < -0.3 is 10.4 Å². The summed E-state index contributed by atoms with van der Waals surface area (Å²) < 4.78 is 13.1. The summed E-state index contributed by atoms with van der Waals surface area (Å²) in [5.74, 6) is -2.33. The van der Waals surface area contributed by atoms with Crippen LogP contribution in [0.5, 0.6) is 0 Å². The van der Waals surface area contributed by atoms with Gasteiger partial charge in [0.05, 0.1) is 11.3 Å². The molecule has 0 saturated carbocycles. The first-order chi connectivity index (χ1) is 12.2. The normalized spacial score (nSPS) is 12.5. The number of carbonyl (C=O) groups excluding carboxylic acids is 1. The van der Waals surface area contributed by atoms with Crippen LogP contribution < -0.4 is 5.32 Å². The van der Waals surface area contributed by atoms with Crippen LogP contribution >= 0.6 is 0 Å². The van der Waals surface area contributed by atoms with Gasteiger partial charge in [0, 0.05) is 6.54 Å². The largest absolute Gasteiger partial charge is 0.481 e. The highest BCUT2D eigenvalue weighted by Crippen LogP contribution is 2.23. The van der Waals surface area contributed by atoms with Crippen molar-refractivity contribution in [3.05, 3.63) is 71.0 Å². The van der Waals surface area contributed by atoms with Gasteiger partial charge in [-0.05, 0) is 50.5 Å². The molecule has 0 saturated heterocycles. The molecule has 0 aliphatic rings. The molecule has 2 N–H and O–H groups in total. The Balaban J connectivity index is 2.04. The summed E-state index contributed by atoms with van der Waals surface area (Å²) in [7, 11) is 0. The number of carboxylic acids is 1. The molecule has 0 spiro atoms. The smallest absolute Gasteiger partial charge is 0.308 e. The summed E-state index contributed by atoms with van der Waals surface area (Å²) in [5, 5.41) is 12.2. The second-order valence-electron chi connectivity index (χ2n) is 7.07. The highest BCUT2D eigenvalue weighted by molar-refractivity contribution is 5.87. The predicted octanol–water partition coefficient (Wildman–Crippen LogP) is 3.47. The lowest BCUT2D eigenvalue weighted by Crippen LogP contribution is -2.43. The fourth-order valence-electron chi connectivity index (χ4n) is 2.80. The van der Waals surface area contributed by atoms with Gasteiger partial charge in [0.2, 0.25) is 5.91 Å². The minimum atomic E-state index is -0.952. The molecule has 4 nitrogen and oxygen atoms in total. The van der Waals surface area contributed by atoms with Crippen molar-refractivity contribution >= 4 is 11.9 Å². The molecule has 0 heterocycles. The highest BCUT2D eigenvalue weighted by Gasteiger charge is 2.31. The zero-order valence-corrected chi connectivity index (χ0v) is 15.3. The molecule has 0 bridgehead atoms. The first kappa shape index (κ1) is 19.6. The zero-order valence-electron chi connectivity index (χ0n) is 15.3.